The van der Waals surface area contributed by atoms with Crippen molar-refractivity contribution < 1.29 is 14.3 Å². The summed E-state index contributed by atoms with van der Waals surface area (Å²) in [7, 11) is 0. The van der Waals surface area contributed by atoms with E-state index in [1.807, 2.05) is 30.3 Å². The number of benzene rings is 2. The van der Waals surface area contributed by atoms with Gasteiger partial charge in [-0.1, -0.05) is 46.3 Å². The number of carbonyl (C=O) groups is 1. The summed E-state index contributed by atoms with van der Waals surface area (Å²) in [5.74, 6) is -1.13. The van der Waals surface area contributed by atoms with Crippen LogP contribution in [0.3, 0.4) is 0 Å². The fourth-order valence-electron chi connectivity index (χ4n) is 2.00. The maximum atomic E-state index is 13.7. The van der Waals surface area contributed by atoms with Gasteiger partial charge < -0.3 is 10.4 Å². The molecule has 0 fully saturated rings. The van der Waals surface area contributed by atoms with Crippen molar-refractivity contribution in [3.63, 3.8) is 0 Å². The molecule has 2 aromatic rings. The van der Waals surface area contributed by atoms with Crippen LogP contribution in [0.5, 0.6) is 0 Å². The summed E-state index contributed by atoms with van der Waals surface area (Å²) in [5.41, 5.74) is 0.956. The molecule has 21 heavy (non-hydrogen) atoms. The molecule has 2 aromatic carbocycles. The third-order valence-corrected chi connectivity index (χ3v) is 3.55. The van der Waals surface area contributed by atoms with Crippen molar-refractivity contribution >= 4 is 21.8 Å². The number of aliphatic hydroxyl groups is 1. The molecule has 0 heterocycles. The lowest BCUT2D eigenvalue weighted by Gasteiger charge is -2.16. The molecule has 0 unspecified atom stereocenters. The van der Waals surface area contributed by atoms with E-state index in [9.17, 15) is 14.3 Å². The smallest absolute Gasteiger partial charge is 0.254 e. The summed E-state index contributed by atoms with van der Waals surface area (Å²) in [5, 5.41) is 12.0. The summed E-state index contributed by atoms with van der Waals surface area (Å²) >= 11 is 3.14. The van der Waals surface area contributed by atoms with E-state index in [1.165, 1.54) is 12.1 Å². The highest BCUT2D eigenvalue weighted by Crippen LogP contribution is 2.15. The first-order chi connectivity index (χ1) is 10.1. The SMILES string of the molecule is O=C(N[C@H](CO)Cc1ccccc1)c1ccc(Br)cc1F. The van der Waals surface area contributed by atoms with Crippen molar-refractivity contribution in [1.29, 1.82) is 0 Å². The molecule has 0 saturated carbocycles. The lowest BCUT2D eigenvalue weighted by atomic mass is 10.1. The molecule has 0 spiro atoms. The number of hydrogen-bond acceptors (Lipinski definition) is 2. The Hall–Kier alpha value is -1.72. The molecule has 1 atom stereocenters. The zero-order valence-corrected chi connectivity index (χ0v) is 12.8. The van der Waals surface area contributed by atoms with E-state index in [0.717, 1.165) is 5.56 Å². The maximum absolute atomic E-state index is 13.7. The average molecular weight is 352 g/mol. The Kier molecular flexibility index (Phi) is 5.47. The standard InChI is InChI=1S/C16H15BrFNO2/c17-12-6-7-14(15(18)9-12)16(21)19-13(10-20)8-11-4-2-1-3-5-11/h1-7,9,13,20H,8,10H2,(H,19,21)/t13-/m0/s1. The number of carbonyl (C=O) groups excluding carboxylic acids is 1. The first-order valence-electron chi connectivity index (χ1n) is 6.51. The van der Waals surface area contributed by atoms with E-state index in [0.29, 0.717) is 10.9 Å². The van der Waals surface area contributed by atoms with Crippen LogP contribution < -0.4 is 5.32 Å². The van der Waals surface area contributed by atoms with Gasteiger partial charge in [0.25, 0.3) is 5.91 Å². The minimum atomic E-state index is -0.599. The van der Waals surface area contributed by atoms with E-state index in [4.69, 9.17) is 0 Å². The van der Waals surface area contributed by atoms with Crippen LogP contribution in [0, 0.1) is 5.82 Å². The predicted octanol–water partition coefficient (Wildman–Crippen LogP) is 2.92. The van der Waals surface area contributed by atoms with Crippen molar-refractivity contribution in [2.45, 2.75) is 12.5 Å². The number of aliphatic hydroxyl groups excluding tert-OH is 1. The van der Waals surface area contributed by atoms with Gasteiger partial charge in [0.1, 0.15) is 5.82 Å². The van der Waals surface area contributed by atoms with Crippen LogP contribution in [-0.2, 0) is 6.42 Å². The lowest BCUT2D eigenvalue weighted by Crippen LogP contribution is -2.39. The Morgan fingerprint density at radius 1 is 1.24 bits per heavy atom. The van der Waals surface area contributed by atoms with Crippen LogP contribution in [0.1, 0.15) is 15.9 Å². The van der Waals surface area contributed by atoms with Crippen molar-refractivity contribution in [1.82, 2.24) is 5.32 Å². The minimum absolute atomic E-state index is 0.0373. The third-order valence-electron chi connectivity index (χ3n) is 3.06. The summed E-state index contributed by atoms with van der Waals surface area (Å²) in [6.45, 7) is -0.210. The molecule has 0 aliphatic carbocycles. The summed E-state index contributed by atoms with van der Waals surface area (Å²) < 4.78 is 14.3. The molecule has 0 bridgehead atoms. The Morgan fingerprint density at radius 2 is 1.95 bits per heavy atom. The molecule has 0 radical (unpaired) electrons. The van der Waals surface area contributed by atoms with Gasteiger partial charge in [0.05, 0.1) is 18.2 Å². The number of rotatable bonds is 5. The Labute approximate surface area is 130 Å². The maximum Gasteiger partial charge on any atom is 0.254 e. The van der Waals surface area contributed by atoms with Crippen LogP contribution in [0.25, 0.3) is 0 Å². The van der Waals surface area contributed by atoms with E-state index in [-0.39, 0.29) is 12.2 Å². The number of nitrogens with one attached hydrogen (secondary N) is 1. The van der Waals surface area contributed by atoms with E-state index in [2.05, 4.69) is 21.2 Å². The molecule has 0 saturated heterocycles. The topological polar surface area (TPSA) is 49.3 Å². The summed E-state index contributed by atoms with van der Waals surface area (Å²) in [6, 6.07) is 13.3. The molecule has 5 heteroatoms. The van der Waals surface area contributed by atoms with Crippen LogP contribution in [0.15, 0.2) is 53.0 Å². The van der Waals surface area contributed by atoms with Crippen molar-refractivity contribution in [3.8, 4) is 0 Å². The van der Waals surface area contributed by atoms with E-state index in [1.54, 1.807) is 6.07 Å². The van der Waals surface area contributed by atoms with Gasteiger partial charge in [-0.05, 0) is 30.2 Å². The number of hydrogen-bond donors (Lipinski definition) is 2. The highest BCUT2D eigenvalue weighted by Gasteiger charge is 2.16. The van der Waals surface area contributed by atoms with Gasteiger partial charge in [-0.15, -0.1) is 0 Å². The quantitative estimate of drug-likeness (QED) is 0.869. The van der Waals surface area contributed by atoms with Crippen LogP contribution >= 0.6 is 15.9 Å². The van der Waals surface area contributed by atoms with E-state index >= 15 is 0 Å². The average Bonchev–Trinajstić information content (AvgIpc) is 2.47. The largest absolute Gasteiger partial charge is 0.394 e. The van der Waals surface area contributed by atoms with Gasteiger partial charge in [-0.25, -0.2) is 4.39 Å². The lowest BCUT2D eigenvalue weighted by molar-refractivity contribution is 0.0912. The highest BCUT2D eigenvalue weighted by atomic mass is 79.9. The normalized spacial score (nSPS) is 12.0. The zero-order chi connectivity index (χ0) is 15.2. The van der Waals surface area contributed by atoms with Gasteiger partial charge in [0.15, 0.2) is 0 Å². The van der Waals surface area contributed by atoms with Crippen molar-refractivity contribution in [2.75, 3.05) is 6.61 Å². The number of amides is 1. The molecule has 110 valence electrons. The number of halogens is 2. The predicted molar refractivity (Wildman–Crippen MR) is 82.6 cm³/mol. The van der Waals surface area contributed by atoms with Gasteiger partial charge in [0.2, 0.25) is 0 Å². The fraction of sp³-hybridized carbons (Fsp3) is 0.188. The molecule has 0 aliphatic heterocycles. The zero-order valence-electron chi connectivity index (χ0n) is 11.2. The Balaban J connectivity index is 2.06. The summed E-state index contributed by atoms with van der Waals surface area (Å²) in [6.07, 6.45) is 0.487. The minimum Gasteiger partial charge on any atom is -0.394 e. The molecule has 1 amide bonds. The molecule has 2 N–H and O–H groups in total. The summed E-state index contributed by atoms with van der Waals surface area (Å²) in [4.78, 5) is 12.1. The molecular weight excluding hydrogens is 337 g/mol. The Morgan fingerprint density at radius 3 is 2.57 bits per heavy atom. The van der Waals surface area contributed by atoms with Crippen LogP contribution in [0.4, 0.5) is 4.39 Å². The first kappa shape index (κ1) is 15.7. The van der Waals surface area contributed by atoms with Crippen molar-refractivity contribution in [2.24, 2.45) is 0 Å². The second kappa shape index (κ2) is 7.33. The van der Waals surface area contributed by atoms with Gasteiger partial charge in [0, 0.05) is 4.47 Å². The van der Waals surface area contributed by atoms with Gasteiger partial charge in [-0.2, -0.15) is 0 Å². The molecule has 2 rings (SSSR count). The van der Waals surface area contributed by atoms with Crippen molar-refractivity contribution in [3.05, 3.63) is 69.9 Å². The molecule has 0 aliphatic rings. The fourth-order valence-corrected chi connectivity index (χ4v) is 2.33. The molecular formula is C16H15BrFNO2. The van der Waals surface area contributed by atoms with Crippen LogP contribution in [-0.4, -0.2) is 23.7 Å². The van der Waals surface area contributed by atoms with Crippen LogP contribution in [0.2, 0.25) is 0 Å². The van der Waals surface area contributed by atoms with Gasteiger partial charge >= 0.3 is 0 Å². The molecule has 0 aromatic heterocycles. The second-order valence-electron chi connectivity index (χ2n) is 4.67. The van der Waals surface area contributed by atoms with Gasteiger partial charge in [-0.3, -0.25) is 4.79 Å². The highest BCUT2D eigenvalue weighted by molar-refractivity contribution is 9.10. The monoisotopic (exact) mass is 351 g/mol. The third kappa shape index (κ3) is 4.37. The molecule has 3 nitrogen and oxygen atoms in total. The van der Waals surface area contributed by atoms with E-state index < -0.39 is 17.8 Å². The second-order valence-corrected chi connectivity index (χ2v) is 5.58. The Bertz CT molecular complexity index is 619. The first-order valence-corrected chi connectivity index (χ1v) is 7.30.